The molecule has 0 aliphatic carbocycles. The molecule has 0 radical (unpaired) electrons. The number of aryl methyl sites for hydroxylation is 1. The van der Waals surface area contributed by atoms with Gasteiger partial charge in [-0.15, -0.1) is 0 Å². The van der Waals surface area contributed by atoms with Crippen molar-refractivity contribution in [3.63, 3.8) is 0 Å². The summed E-state index contributed by atoms with van der Waals surface area (Å²) in [5, 5.41) is 3.25. The van der Waals surface area contributed by atoms with Crippen molar-refractivity contribution in [2.45, 2.75) is 31.6 Å². The second-order valence-corrected chi connectivity index (χ2v) is 9.80. The third-order valence-corrected chi connectivity index (χ3v) is 7.27. The number of guanidine groups is 1. The van der Waals surface area contributed by atoms with Crippen LogP contribution in [0.3, 0.4) is 0 Å². The maximum atomic E-state index is 12.9. The van der Waals surface area contributed by atoms with Crippen LogP contribution in [-0.2, 0) is 17.8 Å². The molecule has 2 aromatic carbocycles. The van der Waals surface area contributed by atoms with Gasteiger partial charge in [-0.05, 0) is 36.1 Å². The first-order chi connectivity index (χ1) is 17.0. The van der Waals surface area contributed by atoms with Crippen molar-refractivity contribution < 1.29 is 9.59 Å². The maximum absolute atomic E-state index is 12.9. The van der Waals surface area contributed by atoms with E-state index in [0.29, 0.717) is 6.54 Å². The molecule has 0 bridgehead atoms. The molecule has 2 atom stereocenters. The van der Waals surface area contributed by atoms with Gasteiger partial charge in [0, 0.05) is 51.3 Å². The van der Waals surface area contributed by atoms with Crippen LogP contribution >= 0.6 is 11.6 Å². The number of piperazine rings is 1. The molecule has 2 saturated heterocycles. The van der Waals surface area contributed by atoms with Gasteiger partial charge in [-0.3, -0.25) is 15.0 Å². The standard InChI is InChI=1S/C26H31ClN6O2/c1-30-23-22(24(34)29-26(30)35)33(13-5-8-19-6-3-2-4-7-19)25(28-23)32-16-14-31(15-17-32)18-20-9-11-21(27)12-10-20/h2-4,6-7,9-12,22-23H,5,8,13-18H2,1H3,(H,29,34,35). The van der Waals surface area contributed by atoms with E-state index in [1.165, 1.54) is 11.1 Å². The molecule has 5 rings (SSSR count). The number of benzene rings is 2. The van der Waals surface area contributed by atoms with Crippen LogP contribution in [0.5, 0.6) is 0 Å². The third-order valence-electron chi connectivity index (χ3n) is 7.02. The van der Waals surface area contributed by atoms with Crippen LogP contribution < -0.4 is 5.32 Å². The highest BCUT2D eigenvalue weighted by atomic mass is 35.5. The Balaban J connectivity index is 1.27. The molecule has 3 aliphatic heterocycles. The van der Waals surface area contributed by atoms with Gasteiger partial charge >= 0.3 is 6.03 Å². The summed E-state index contributed by atoms with van der Waals surface area (Å²) >= 11 is 6.02. The predicted molar refractivity (Wildman–Crippen MR) is 136 cm³/mol. The molecule has 0 aromatic heterocycles. The lowest BCUT2D eigenvalue weighted by Crippen LogP contribution is -2.64. The topological polar surface area (TPSA) is 71.5 Å². The molecule has 1 N–H and O–H groups in total. The average molecular weight is 495 g/mol. The van der Waals surface area contributed by atoms with E-state index in [2.05, 4.69) is 44.3 Å². The van der Waals surface area contributed by atoms with Crippen molar-refractivity contribution in [3.8, 4) is 0 Å². The fourth-order valence-corrected chi connectivity index (χ4v) is 5.19. The lowest BCUT2D eigenvalue weighted by Gasteiger charge is -2.40. The van der Waals surface area contributed by atoms with Crippen LogP contribution in [0.1, 0.15) is 17.5 Å². The van der Waals surface area contributed by atoms with Crippen molar-refractivity contribution in [2.24, 2.45) is 4.99 Å². The summed E-state index contributed by atoms with van der Waals surface area (Å²) in [7, 11) is 1.71. The van der Waals surface area contributed by atoms with E-state index in [0.717, 1.165) is 56.5 Å². The Morgan fingerprint density at radius 2 is 1.69 bits per heavy atom. The fraction of sp³-hybridized carbons (Fsp3) is 0.423. The molecule has 2 unspecified atom stereocenters. The van der Waals surface area contributed by atoms with Crippen molar-refractivity contribution in [1.82, 2.24) is 24.9 Å². The van der Waals surface area contributed by atoms with Gasteiger partial charge in [0.25, 0.3) is 5.91 Å². The lowest BCUT2D eigenvalue weighted by molar-refractivity contribution is -0.127. The van der Waals surface area contributed by atoms with Crippen molar-refractivity contribution >= 4 is 29.5 Å². The summed E-state index contributed by atoms with van der Waals surface area (Å²) in [5.41, 5.74) is 2.52. The number of imide groups is 1. The van der Waals surface area contributed by atoms with E-state index in [-0.39, 0.29) is 5.91 Å². The molecule has 3 aliphatic rings. The first-order valence-corrected chi connectivity index (χ1v) is 12.5. The average Bonchev–Trinajstić information content (AvgIpc) is 3.25. The van der Waals surface area contributed by atoms with E-state index in [9.17, 15) is 9.59 Å². The van der Waals surface area contributed by atoms with Crippen molar-refractivity contribution in [3.05, 3.63) is 70.7 Å². The summed E-state index contributed by atoms with van der Waals surface area (Å²) in [5.74, 6) is 0.564. The van der Waals surface area contributed by atoms with E-state index in [1.54, 1.807) is 11.9 Å². The minimum absolute atomic E-state index is 0.266. The highest BCUT2D eigenvalue weighted by molar-refractivity contribution is 6.30. The summed E-state index contributed by atoms with van der Waals surface area (Å²) < 4.78 is 0. The van der Waals surface area contributed by atoms with Gasteiger partial charge in [-0.2, -0.15) is 0 Å². The number of carbonyl (C=O) groups is 2. The molecule has 8 nitrogen and oxygen atoms in total. The predicted octanol–water partition coefficient (Wildman–Crippen LogP) is 2.64. The van der Waals surface area contributed by atoms with E-state index >= 15 is 0 Å². The number of carbonyl (C=O) groups excluding carboxylic acids is 2. The number of likely N-dealkylation sites (N-methyl/N-ethyl adjacent to an activating group) is 1. The number of fused-ring (bicyclic) bond motifs is 1. The number of hydrogen-bond donors (Lipinski definition) is 1. The molecule has 3 heterocycles. The molecule has 3 amide bonds. The van der Waals surface area contributed by atoms with Crippen LogP contribution in [0.2, 0.25) is 5.02 Å². The van der Waals surface area contributed by atoms with Gasteiger partial charge < -0.3 is 14.7 Å². The molecular weight excluding hydrogens is 464 g/mol. The normalized spacial score (nSPS) is 22.8. The van der Waals surface area contributed by atoms with Crippen LogP contribution in [0.15, 0.2) is 59.6 Å². The number of halogens is 1. The monoisotopic (exact) mass is 494 g/mol. The first-order valence-electron chi connectivity index (χ1n) is 12.2. The smallest absolute Gasteiger partial charge is 0.325 e. The zero-order chi connectivity index (χ0) is 24.4. The summed E-state index contributed by atoms with van der Waals surface area (Å²) in [6.07, 6.45) is 1.33. The number of nitrogens with zero attached hydrogens (tertiary/aromatic N) is 5. The van der Waals surface area contributed by atoms with Crippen LogP contribution in [0.4, 0.5) is 4.79 Å². The molecule has 0 spiro atoms. The molecule has 35 heavy (non-hydrogen) atoms. The van der Waals surface area contributed by atoms with Crippen LogP contribution in [0.25, 0.3) is 0 Å². The number of hydrogen-bond acceptors (Lipinski definition) is 6. The molecule has 9 heteroatoms. The zero-order valence-electron chi connectivity index (χ0n) is 19.9. The van der Waals surface area contributed by atoms with E-state index < -0.39 is 18.2 Å². The summed E-state index contributed by atoms with van der Waals surface area (Å²) in [6, 6.07) is 17.5. The number of aliphatic imine (C=N–C) groups is 1. The number of urea groups is 1. The first kappa shape index (κ1) is 23.6. The Kier molecular flexibility index (Phi) is 6.92. The largest absolute Gasteiger partial charge is 0.340 e. The Labute approximate surface area is 211 Å². The third kappa shape index (κ3) is 5.13. The summed E-state index contributed by atoms with van der Waals surface area (Å²) in [4.78, 5) is 38.4. The highest BCUT2D eigenvalue weighted by Gasteiger charge is 2.49. The molecule has 2 aromatic rings. The van der Waals surface area contributed by atoms with E-state index in [4.69, 9.17) is 16.6 Å². The van der Waals surface area contributed by atoms with Crippen LogP contribution in [0, 0.1) is 0 Å². The summed E-state index contributed by atoms with van der Waals surface area (Å²) in [6.45, 7) is 5.02. The number of amides is 3. The molecule has 2 fully saturated rings. The second-order valence-electron chi connectivity index (χ2n) is 9.37. The van der Waals surface area contributed by atoms with Crippen molar-refractivity contribution in [2.75, 3.05) is 39.8 Å². The highest BCUT2D eigenvalue weighted by Crippen LogP contribution is 2.27. The fourth-order valence-electron chi connectivity index (χ4n) is 5.07. The molecular formula is C26H31ClN6O2. The number of nitrogens with one attached hydrogen (secondary N) is 1. The maximum Gasteiger partial charge on any atom is 0.325 e. The van der Waals surface area contributed by atoms with E-state index in [1.807, 2.05) is 30.3 Å². The number of rotatable bonds is 6. The minimum Gasteiger partial charge on any atom is -0.340 e. The van der Waals surface area contributed by atoms with Crippen LogP contribution in [-0.4, -0.2) is 89.5 Å². The Bertz CT molecular complexity index is 1080. The lowest BCUT2D eigenvalue weighted by atomic mass is 10.1. The van der Waals surface area contributed by atoms with Gasteiger partial charge in [0.15, 0.2) is 18.2 Å². The zero-order valence-corrected chi connectivity index (χ0v) is 20.7. The SMILES string of the molecule is CN1C(=O)NC(=O)C2C1N=C(N1CCN(Cc3ccc(Cl)cc3)CC1)N2CCCc1ccccc1. The molecule has 184 valence electrons. The Hall–Kier alpha value is -3.10. The van der Waals surface area contributed by atoms with Gasteiger partial charge in [0.1, 0.15) is 0 Å². The molecule has 0 saturated carbocycles. The second kappa shape index (κ2) is 10.3. The van der Waals surface area contributed by atoms with Gasteiger partial charge in [-0.25, -0.2) is 9.79 Å². The minimum atomic E-state index is -0.491. The Morgan fingerprint density at radius 3 is 2.40 bits per heavy atom. The van der Waals surface area contributed by atoms with Crippen molar-refractivity contribution in [1.29, 1.82) is 0 Å². The van der Waals surface area contributed by atoms with Gasteiger partial charge in [0.2, 0.25) is 0 Å². The quantitative estimate of drug-likeness (QED) is 0.668. The van der Waals surface area contributed by atoms with Gasteiger partial charge in [0.05, 0.1) is 0 Å². The van der Waals surface area contributed by atoms with Gasteiger partial charge in [-0.1, -0.05) is 54.1 Å². The Morgan fingerprint density at radius 1 is 0.971 bits per heavy atom.